The summed E-state index contributed by atoms with van der Waals surface area (Å²) in [4.78, 5) is 2.39. The Morgan fingerprint density at radius 2 is 0.892 bits per heavy atom. The number of hydrogen-bond donors (Lipinski definition) is 0. The van der Waals surface area contributed by atoms with Gasteiger partial charge in [0.25, 0.3) is 0 Å². The molecule has 65 heavy (non-hydrogen) atoms. The van der Waals surface area contributed by atoms with Crippen molar-refractivity contribution in [3.05, 3.63) is 243 Å². The second-order valence-electron chi connectivity index (χ2n) is 16.8. The first-order valence-electron chi connectivity index (χ1n) is 22.3. The van der Waals surface area contributed by atoms with Crippen molar-refractivity contribution < 1.29 is 4.42 Å². The predicted octanol–water partition coefficient (Wildman–Crippen LogP) is 17.5. The van der Waals surface area contributed by atoms with E-state index in [-0.39, 0.29) is 0 Å². The molecule has 3 heteroatoms. The summed E-state index contributed by atoms with van der Waals surface area (Å²) >= 11 is 0. The highest BCUT2D eigenvalue weighted by molar-refractivity contribution is 6.18. The summed E-state index contributed by atoms with van der Waals surface area (Å²) in [6.07, 6.45) is 0. The third-order valence-electron chi connectivity index (χ3n) is 13.2. The molecule has 0 aliphatic carbocycles. The minimum atomic E-state index is 0.849. The molecular weight excluding hydrogens is 789 g/mol. The summed E-state index contributed by atoms with van der Waals surface area (Å²) in [5.41, 5.74) is 15.2. The molecule has 11 aromatic carbocycles. The second-order valence-corrected chi connectivity index (χ2v) is 16.8. The maximum atomic E-state index is 7.04. The molecule has 0 unspecified atom stereocenters. The molecule has 0 radical (unpaired) electrons. The topological polar surface area (TPSA) is 21.3 Å². The summed E-state index contributed by atoms with van der Waals surface area (Å²) in [5.74, 6) is 0. The molecular formula is C62H40N2O. The fourth-order valence-corrected chi connectivity index (χ4v) is 10.2. The van der Waals surface area contributed by atoms with Gasteiger partial charge in [0.2, 0.25) is 0 Å². The molecule has 0 aliphatic rings. The standard InChI is InChI=1S/C62H40N2O/c1-2-15-41(16-3-1)42-29-34-45(35-30-42)63(46-36-31-44(32-37-46)48-23-14-24-49-47-18-5-4-17-43(47)33-38-50(48)49)59-40-39-54(62-61(59)55-22-9-13-28-60(55)65-62)53-21-8-12-27-58(53)64-56-25-10-6-19-51(56)52-20-7-11-26-57(52)64/h1-40H. The Hall–Kier alpha value is -8.66. The Bertz CT molecular complexity index is 3880. The van der Waals surface area contributed by atoms with Crippen LogP contribution in [0.25, 0.3) is 104 Å². The first kappa shape index (κ1) is 36.9. The number of fused-ring (bicyclic) bond motifs is 9. The third-order valence-corrected chi connectivity index (χ3v) is 13.2. The maximum absolute atomic E-state index is 7.04. The van der Waals surface area contributed by atoms with Crippen molar-refractivity contribution in [2.45, 2.75) is 0 Å². The van der Waals surface area contributed by atoms with Crippen molar-refractivity contribution in [3.63, 3.8) is 0 Å². The number of anilines is 3. The fourth-order valence-electron chi connectivity index (χ4n) is 10.2. The maximum Gasteiger partial charge on any atom is 0.145 e. The molecule has 2 heterocycles. The van der Waals surface area contributed by atoms with Crippen LogP contribution in [0.5, 0.6) is 0 Å². The Morgan fingerprint density at radius 3 is 1.65 bits per heavy atom. The summed E-state index contributed by atoms with van der Waals surface area (Å²) in [7, 11) is 0. The zero-order valence-electron chi connectivity index (χ0n) is 35.4. The lowest BCUT2D eigenvalue weighted by atomic mass is 9.94. The monoisotopic (exact) mass is 828 g/mol. The average Bonchev–Trinajstić information content (AvgIpc) is 3.94. The second kappa shape index (κ2) is 15.0. The van der Waals surface area contributed by atoms with Crippen molar-refractivity contribution >= 4 is 82.4 Å². The van der Waals surface area contributed by atoms with Crippen LogP contribution in [-0.2, 0) is 0 Å². The van der Waals surface area contributed by atoms with Gasteiger partial charge in [0.15, 0.2) is 0 Å². The van der Waals surface area contributed by atoms with Gasteiger partial charge in [0.1, 0.15) is 11.2 Å². The molecule has 304 valence electrons. The number of hydrogen-bond acceptors (Lipinski definition) is 2. The van der Waals surface area contributed by atoms with Crippen molar-refractivity contribution in [3.8, 4) is 39.1 Å². The molecule has 0 amide bonds. The Balaban J connectivity index is 1.02. The number of nitrogens with zero attached hydrogens (tertiary/aromatic N) is 2. The molecule has 0 saturated carbocycles. The minimum absolute atomic E-state index is 0.849. The van der Waals surface area contributed by atoms with E-state index in [1.807, 2.05) is 0 Å². The highest BCUT2D eigenvalue weighted by atomic mass is 16.3. The Kier molecular flexibility index (Phi) is 8.53. The largest absolute Gasteiger partial charge is 0.455 e. The van der Waals surface area contributed by atoms with Crippen LogP contribution in [0.1, 0.15) is 0 Å². The van der Waals surface area contributed by atoms with Gasteiger partial charge in [-0.3, -0.25) is 0 Å². The Morgan fingerprint density at radius 1 is 0.323 bits per heavy atom. The fraction of sp³-hybridized carbons (Fsp3) is 0. The SMILES string of the molecule is c1ccc(-c2ccc(N(c3ccc(-c4cccc5c4ccc4ccccc45)cc3)c3ccc(-c4ccccc4-n4c5ccccc5c5ccccc54)c4oc5ccccc5c34)cc2)cc1. The van der Waals surface area contributed by atoms with Gasteiger partial charge in [-0.25, -0.2) is 0 Å². The van der Waals surface area contributed by atoms with Crippen molar-refractivity contribution in [2.75, 3.05) is 4.90 Å². The van der Waals surface area contributed by atoms with Crippen LogP contribution >= 0.6 is 0 Å². The van der Waals surface area contributed by atoms with Gasteiger partial charge in [-0.2, -0.15) is 0 Å². The van der Waals surface area contributed by atoms with Crippen LogP contribution in [0.15, 0.2) is 247 Å². The van der Waals surface area contributed by atoms with E-state index in [1.165, 1.54) is 65.6 Å². The van der Waals surface area contributed by atoms with Crippen LogP contribution in [0.4, 0.5) is 17.1 Å². The van der Waals surface area contributed by atoms with E-state index in [0.717, 1.165) is 55.8 Å². The van der Waals surface area contributed by atoms with E-state index >= 15 is 0 Å². The lowest BCUT2D eigenvalue weighted by molar-refractivity contribution is 0.670. The van der Waals surface area contributed by atoms with E-state index < -0.39 is 0 Å². The van der Waals surface area contributed by atoms with Crippen LogP contribution in [-0.4, -0.2) is 4.57 Å². The van der Waals surface area contributed by atoms with Crippen LogP contribution < -0.4 is 4.90 Å². The molecule has 0 aliphatic heterocycles. The normalized spacial score (nSPS) is 11.7. The molecule has 0 N–H and O–H groups in total. The molecule has 13 aromatic rings. The van der Waals surface area contributed by atoms with Gasteiger partial charge < -0.3 is 13.9 Å². The van der Waals surface area contributed by atoms with Gasteiger partial charge >= 0.3 is 0 Å². The summed E-state index contributed by atoms with van der Waals surface area (Å²) in [6.45, 7) is 0. The quantitative estimate of drug-likeness (QED) is 0.149. The van der Waals surface area contributed by atoms with Gasteiger partial charge in [0.05, 0.1) is 27.8 Å². The van der Waals surface area contributed by atoms with E-state index in [0.29, 0.717) is 0 Å². The molecule has 0 fully saturated rings. The van der Waals surface area contributed by atoms with Gasteiger partial charge in [-0.1, -0.05) is 182 Å². The van der Waals surface area contributed by atoms with Crippen molar-refractivity contribution in [2.24, 2.45) is 0 Å². The molecule has 0 bridgehead atoms. The summed E-state index contributed by atoms with van der Waals surface area (Å²) < 4.78 is 9.44. The number of benzene rings is 11. The first-order valence-corrected chi connectivity index (χ1v) is 22.3. The van der Waals surface area contributed by atoms with Gasteiger partial charge in [-0.15, -0.1) is 0 Å². The molecule has 0 atom stereocenters. The Labute approximate surface area is 376 Å². The molecule has 3 nitrogen and oxygen atoms in total. The highest BCUT2D eigenvalue weighted by Gasteiger charge is 2.24. The average molecular weight is 829 g/mol. The highest BCUT2D eigenvalue weighted by Crippen LogP contribution is 2.48. The number of rotatable bonds is 7. The zero-order chi connectivity index (χ0) is 42.8. The van der Waals surface area contributed by atoms with Gasteiger partial charge in [-0.05, 0) is 104 Å². The van der Waals surface area contributed by atoms with Crippen molar-refractivity contribution in [1.29, 1.82) is 0 Å². The first-order chi connectivity index (χ1) is 32.3. The summed E-state index contributed by atoms with van der Waals surface area (Å²) in [6, 6.07) is 87.5. The third kappa shape index (κ3) is 5.97. The molecule has 0 saturated heterocycles. The van der Waals surface area contributed by atoms with E-state index in [4.69, 9.17) is 4.42 Å². The number of aromatic nitrogens is 1. The summed E-state index contributed by atoms with van der Waals surface area (Å²) in [5, 5.41) is 9.62. The van der Waals surface area contributed by atoms with E-state index in [9.17, 15) is 0 Å². The zero-order valence-corrected chi connectivity index (χ0v) is 35.4. The van der Waals surface area contributed by atoms with E-state index in [1.54, 1.807) is 0 Å². The lowest BCUT2D eigenvalue weighted by Gasteiger charge is -2.27. The molecule has 0 spiro atoms. The van der Waals surface area contributed by atoms with Crippen LogP contribution in [0, 0.1) is 0 Å². The smallest absolute Gasteiger partial charge is 0.145 e. The van der Waals surface area contributed by atoms with E-state index in [2.05, 4.69) is 252 Å². The number of para-hydroxylation sites is 4. The van der Waals surface area contributed by atoms with Crippen LogP contribution in [0.2, 0.25) is 0 Å². The predicted molar refractivity (Wildman–Crippen MR) is 274 cm³/mol. The molecule has 2 aromatic heterocycles. The molecule has 13 rings (SSSR count). The van der Waals surface area contributed by atoms with Gasteiger partial charge in [0, 0.05) is 38.7 Å². The lowest BCUT2D eigenvalue weighted by Crippen LogP contribution is -2.10. The minimum Gasteiger partial charge on any atom is -0.455 e. The van der Waals surface area contributed by atoms with Crippen LogP contribution in [0.3, 0.4) is 0 Å². The van der Waals surface area contributed by atoms with Crippen molar-refractivity contribution in [1.82, 2.24) is 4.57 Å². The number of furan rings is 1.